The van der Waals surface area contributed by atoms with Crippen LogP contribution in [0.3, 0.4) is 0 Å². The first-order chi connectivity index (χ1) is 13.9. The first-order valence-electron chi connectivity index (χ1n) is 11.0. The number of piperidine rings is 1. The van der Waals surface area contributed by atoms with Gasteiger partial charge in [0.15, 0.2) is 6.10 Å². The fourth-order valence-electron chi connectivity index (χ4n) is 4.43. The molecule has 1 saturated heterocycles. The van der Waals surface area contributed by atoms with Crippen molar-refractivity contribution in [2.24, 2.45) is 5.92 Å². The smallest absolute Gasteiger partial charge is 0.268 e. The Kier molecular flexibility index (Phi) is 7.17. The number of fused-ring (bicyclic) bond motifs is 1. The van der Waals surface area contributed by atoms with Crippen molar-refractivity contribution in [3.8, 4) is 5.75 Å². The van der Waals surface area contributed by atoms with E-state index in [1.807, 2.05) is 38.1 Å². The summed E-state index contributed by atoms with van der Waals surface area (Å²) in [6.07, 6.45) is 4.18. The SMILES string of the molecule is CC(C)[C@H]1Oc2ccccc2N(CC(=O)NCCCN2[C@@H](C)CCC[C@@H]2C)C1=O. The normalized spacial score (nSPS) is 24.9. The average molecular weight is 402 g/mol. The zero-order valence-corrected chi connectivity index (χ0v) is 18.2. The van der Waals surface area contributed by atoms with Gasteiger partial charge in [-0.05, 0) is 51.2 Å². The van der Waals surface area contributed by atoms with E-state index in [0.717, 1.165) is 13.0 Å². The molecule has 0 aromatic heterocycles. The highest BCUT2D eigenvalue weighted by atomic mass is 16.5. The van der Waals surface area contributed by atoms with Crippen molar-refractivity contribution in [1.82, 2.24) is 10.2 Å². The number of nitrogens with zero attached hydrogens (tertiary/aromatic N) is 2. The zero-order chi connectivity index (χ0) is 21.0. The number of nitrogens with one attached hydrogen (secondary N) is 1. The number of hydrogen-bond donors (Lipinski definition) is 1. The fourth-order valence-corrected chi connectivity index (χ4v) is 4.43. The molecule has 2 aliphatic heterocycles. The second kappa shape index (κ2) is 9.61. The van der Waals surface area contributed by atoms with Crippen molar-refractivity contribution in [3.63, 3.8) is 0 Å². The van der Waals surface area contributed by atoms with E-state index >= 15 is 0 Å². The molecule has 0 aliphatic carbocycles. The fraction of sp³-hybridized carbons (Fsp3) is 0.652. The average Bonchev–Trinajstić information content (AvgIpc) is 2.68. The molecule has 6 nitrogen and oxygen atoms in total. The molecule has 160 valence electrons. The quantitative estimate of drug-likeness (QED) is 0.713. The Morgan fingerprint density at radius 2 is 1.90 bits per heavy atom. The van der Waals surface area contributed by atoms with E-state index < -0.39 is 6.10 Å². The lowest BCUT2D eigenvalue weighted by atomic mass is 9.97. The Morgan fingerprint density at radius 3 is 2.59 bits per heavy atom. The van der Waals surface area contributed by atoms with Crippen LogP contribution >= 0.6 is 0 Å². The minimum atomic E-state index is -0.556. The number of hydrogen-bond acceptors (Lipinski definition) is 4. The number of anilines is 1. The molecule has 6 heteroatoms. The molecule has 2 aliphatic rings. The molecular formula is C23H35N3O3. The Labute approximate surface area is 174 Å². The number of likely N-dealkylation sites (tertiary alicyclic amines) is 1. The summed E-state index contributed by atoms with van der Waals surface area (Å²) in [5, 5.41) is 2.99. The monoisotopic (exact) mass is 401 g/mol. The van der Waals surface area contributed by atoms with E-state index in [1.165, 1.54) is 19.3 Å². The Morgan fingerprint density at radius 1 is 1.21 bits per heavy atom. The molecule has 1 fully saturated rings. The minimum absolute atomic E-state index is 0.0267. The molecule has 0 radical (unpaired) electrons. The maximum absolute atomic E-state index is 12.9. The van der Waals surface area contributed by atoms with Gasteiger partial charge >= 0.3 is 0 Å². The first kappa shape index (κ1) is 21.6. The van der Waals surface area contributed by atoms with E-state index in [0.29, 0.717) is 30.1 Å². The highest BCUT2D eigenvalue weighted by Gasteiger charge is 2.37. The summed E-state index contributed by atoms with van der Waals surface area (Å²) < 4.78 is 5.87. The number of ether oxygens (including phenoxy) is 1. The van der Waals surface area contributed by atoms with Gasteiger partial charge in [-0.1, -0.05) is 32.4 Å². The van der Waals surface area contributed by atoms with E-state index in [-0.39, 0.29) is 24.3 Å². The topological polar surface area (TPSA) is 61.9 Å². The van der Waals surface area contributed by atoms with Crippen molar-refractivity contribution in [3.05, 3.63) is 24.3 Å². The van der Waals surface area contributed by atoms with E-state index in [1.54, 1.807) is 4.90 Å². The molecule has 1 aromatic rings. The number of rotatable bonds is 7. The van der Waals surface area contributed by atoms with Gasteiger partial charge < -0.3 is 10.1 Å². The summed E-state index contributed by atoms with van der Waals surface area (Å²) in [4.78, 5) is 29.6. The lowest BCUT2D eigenvalue weighted by molar-refractivity contribution is -0.130. The van der Waals surface area contributed by atoms with Crippen molar-refractivity contribution in [1.29, 1.82) is 0 Å². The maximum atomic E-state index is 12.9. The predicted octanol–water partition coefficient (Wildman–Crippen LogP) is 3.21. The molecule has 0 spiro atoms. The lowest BCUT2D eigenvalue weighted by Gasteiger charge is -2.39. The Bertz CT molecular complexity index is 711. The molecule has 0 bridgehead atoms. The van der Waals surface area contributed by atoms with Crippen molar-refractivity contribution >= 4 is 17.5 Å². The number of amides is 2. The van der Waals surface area contributed by atoms with Crippen LogP contribution in [-0.4, -0.2) is 54.5 Å². The van der Waals surface area contributed by atoms with Gasteiger partial charge in [0.1, 0.15) is 12.3 Å². The third-order valence-electron chi connectivity index (χ3n) is 6.12. The molecule has 3 rings (SSSR count). The van der Waals surface area contributed by atoms with Crippen LogP contribution < -0.4 is 15.0 Å². The highest BCUT2D eigenvalue weighted by molar-refractivity contribution is 6.03. The second-order valence-corrected chi connectivity index (χ2v) is 8.74. The summed E-state index contributed by atoms with van der Waals surface area (Å²) in [5.74, 6) is 0.420. The maximum Gasteiger partial charge on any atom is 0.268 e. The third-order valence-corrected chi connectivity index (χ3v) is 6.12. The van der Waals surface area contributed by atoms with Crippen molar-refractivity contribution in [2.45, 2.75) is 71.6 Å². The van der Waals surface area contributed by atoms with Crippen LogP contribution in [-0.2, 0) is 9.59 Å². The number of carbonyl (C=O) groups is 2. The van der Waals surface area contributed by atoms with Gasteiger partial charge in [-0.15, -0.1) is 0 Å². The molecule has 1 N–H and O–H groups in total. The first-order valence-corrected chi connectivity index (χ1v) is 11.0. The summed E-state index contributed by atoms with van der Waals surface area (Å²) in [5.41, 5.74) is 0.667. The molecule has 2 heterocycles. The molecular weight excluding hydrogens is 366 g/mol. The van der Waals surface area contributed by atoms with Gasteiger partial charge in [-0.25, -0.2) is 0 Å². The van der Waals surface area contributed by atoms with Crippen LogP contribution in [0.5, 0.6) is 5.75 Å². The van der Waals surface area contributed by atoms with Gasteiger partial charge in [-0.2, -0.15) is 0 Å². The lowest BCUT2D eigenvalue weighted by Crippen LogP contribution is -2.51. The molecule has 29 heavy (non-hydrogen) atoms. The van der Waals surface area contributed by atoms with E-state index in [2.05, 4.69) is 24.1 Å². The predicted molar refractivity (Wildman–Crippen MR) is 115 cm³/mol. The van der Waals surface area contributed by atoms with Crippen LogP contribution in [0.2, 0.25) is 0 Å². The van der Waals surface area contributed by atoms with Crippen LogP contribution in [0.25, 0.3) is 0 Å². The highest BCUT2D eigenvalue weighted by Crippen LogP contribution is 2.35. The van der Waals surface area contributed by atoms with Gasteiger partial charge in [0.05, 0.1) is 5.69 Å². The van der Waals surface area contributed by atoms with Crippen LogP contribution in [0.15, 0.2) is 24.3 Å². The molecule has 0 saturated carbocycles. The molecule has 0 unspecified atom stereocenters. The molecule has 1 aromatic carbocycles. The van der Waals surface area contributed by atoms with Gasteiger partial charge in [-0.3, -0.25) is 19.4 Å². The van der Waals surface area contributed by atoms with E-state index in [4.69, 9.17) is 4.74 Å². The summed E-state index contributed by atoms with van der Waals surface area (Å²) >= 11 is 0. The largest absolute Gasteiger partial charge is 0.478 e. The standard InChI is InChI=1S/C23H35N3O3/c1-16(2)22-23(28)26(19-11-5-6-12-20(19)29-22)15-21(27)24-13-8-14-25-17(3)9-7-10-18(25)4/h5-6,11-12,16-18,22H,7-10,13-15H2,1-4H3,(H,24,27)/t17-,18-,22+/m0/s1. The number of benzene rings is 1. The number of carbonyl (C=O) groups excluding carboxylic acids is 2. The second-order valence-electron chi connectivity index (χ2n) is 8.74. The van der Waals surface area contributed by atoms with Crippen LogP contribution in [0.1, 0.15) is 53.4 Å². The minimum Gasteiger partial charge on any atom is -0.478 e. The third kappa shape index (κ3) is 5.10. The van der Waals surface area contributed by atoms with Crippen LogP contribution in [0, 0.1) is 5.92 Å². The Hall–Kier alpha value is -2.08. The summed E-state index contributed by atoms with van der Waals surface area (Å²) in [6, 6.07) is 8.65. The van der Waals surface area contributed by atoms with E-state index in [9.17, 15) is 9.59 Å². The summed E-state index contributed by atoms with van der Waals surface area (Å²) in [6.45, 7) is 10.1. The van der Waals surface area contributed by atoms with Crippen LogP contribution in [0.4, 0.5) is 5.69 Å². The van der Waals surface area contributed by atoms with Gasteiger partial charge in [0.2, 0.25) is 5.91 Å². The van der Waals surface area contributed by atoms with Gasteiger partial charge in [0, 0.05) is 25.2 Å². The molecule has 3 atom stereocenters. The van der Waals surface area contributed by atoms with Gasteiger partial charge in [0.25, 0.3) is 5.91 Å². The van der Waals surface area contributed by atoms with Crippen molar-refractivity contribution < 1.29 is 14.3 Å². The summed E-state index contributed by atoms with van der Waals surface area (Å²) in [7, 11) is 0. The zero-order valence-electron chi connectivity index (χ0n) is 18.2. The molecule has 2 amide bonds. The number of para-hydroxylation sites is 2. The van der Waals surface area contributed by atoms with Crippen molar-refractivity contribution in [2.75, 3.05) is 24.5 Å². The Balaban J connectivity index is 1.53.